The SMILES string of the molecule is Cc1cccn(CCCOc2cccc(C#N)c2)c1=O. The van der Waals surface area contributed by atoms with E-state index < -0.39 is 0 Å². The molecule has 0 saturated carbocycles. The molecule has 0 fully saturated rings. The van der Waals surface area contributed by atoms with Gasteiger partial charge in [-0.15, -0.1) is 0 Å². The second-order valence-corrected chi connectivity index (χ2v) is 4.53. The summed E-state index contributed by atoms with van der Waals surface area (Å²) in [6.45, 7) is 2.94. The molecule has 0 atom stereocenters. The first-order valence-electron chi connectivity index (χ1n) is 6.50. The minimum Gasteiger partial charge on any atom is -0.493 e. The molecule has 0 N–H and O–H groups in total. The Morgan fingerprint density at radius 3 is 2.95 bits per heavy atom. The first-order chi connectivity index (χ1) is 9.70. The number of nitriles is 1. The van der Waals surface area contributed by atoms with Crippen molar-refractivity contribution in [1.82, 2.24) is 4.57 Å². The Morgan fingerprint density at radius 2 is 2.15 bits per heavy atom. The maximum Gasteiger partial charge on any atom is 0.253 e. The third kappa shape index (κ3) is 3.48. The van der Waals surface area contributed by atoms with Crippen LogP contribution in [0, 0.1) is 18.3 Å². The Balaban J connectivity index is 1.86. The van der Waals surface area contributed by atoms with Crippen LogP contribution < -0.4 is 10.3 Å². The highest BCUT2D eigenvalue weighted by Crippen LogP contribution is 2.12. The predicted molar refractivity (Wildman–Crippen MR) is 76.7 cm³/mol. The van der Waals surface area contributed by atoms with E-state index in [1.54, 1.807) is 29.0 Å². The molecule has 0 aliphatic rings. The van der Waals surface area contributed by atoms with Crippen molar-refractivity contribution in [2.24, 2.45) is 0 Å². The van der Waals surface area contributed by atoms with Crippen LogP contribution in [0.1, 0.15) is 17.5 Å². The number of pyridine rings is 1. The van der Waals surface area contributed by atoms with Crippen LogP contribution >= 0.6 is 0 Å². The van der Waals surface area contributed by atoms with Gasteiger partial charge in [-0.1, -0.05) is 12.1 Å². The maximum atomic E-state index is 11.8. The fourth-order valence-corrected chi connectivity index (χ4v) is 1.91. The molecule has 102 valence electrons. The smallest absolute Gasteiger partial charge is 0.253 e. The average Bonchev–Trinajstić information content (AvgIpc) is 2.48. The van der Waals surface area contributed by atoms with Crippen LogP contribution in [0.3, 0.4) is 0 Å². The molecule has 20 heavy (non-hydrogen) atoms. The van der Waals surface area contributed by atoms with Crippen LogP contribution in [0.5, 0.6) is 5.75 Å². The molecule has 0 spiro atoms. The van der Waals surface area contributed by atoms with Crippen molar-refractivity contribution in [1.29, 1.82) is 5.26 Å². The van der Waals surface area contributed by atoms with Gasteiger partial charge in [0.1, 0.15) is 5.75 Å². The number of nitrogens with zero attached hydrogens (tertiary/aromatic N) is 2. The lowest BCUT2D eigenvalue weighted by Gasteiger charge is -2.08. The van der Waals surface area contributed by atoms with Gasteiger partial charge in [0.2, 0.25) is 0 Å². The fourth-order valence-electron chi connectivity index (χ4n) is 1.91. The Kier molecular flexibility index (Phi) is 4.56. The molecule has 0 aliphatic carbocycles. The van der Waals surface area contributed by atoms with E-state index in [1.165, 1.54) is 0 Å². The van der Waals surface area contributed by atoms with Crippen LogP contribution in [0.25, 0.3) is 0 Å². The van der Waals surface area contributed by atoms with E-state index in [1.807, 2.05) is 25.1 Å². The Morgan fingerprint density at radius 1 is 1.30 bits per heavy atom. The second kappa shape index (κ2) is 6.58. The zero-order valence-electron chi connectivity index (χ0n) is 11.4. The van der Waals surface area contributed by atoms with Crippen molar-refractivity contribution in [3.8, 4) is 11.8 Å². The Labute approximate surface area is 117 Å². The molecule has 0 amide bonds. The lowest BCUT2D eigenvalue weighted by Crippen LogP contribution is -2.22. The lowest BCUT2D eigenvalue weighted by atomic mass is 10.2. The first kappa shape index (κ1) is 13.9. The van der Waals surface area contributed by atoms with Crippen molar-refractivity contribution in [3.63, 3.8) is 0 Å². The molecule has 0 aliphatic heterocycles. The van der Waals surface area contributed by atoms with Gasteiger partial charge in [-0.05, 0) is 37.6 Å². The van der Waals surface area contributed by atoms with E-state index in [4.69, 9.17) is 10.00 Å². The van der Waals surface area contributed by atoms with E-state index in [0.717, 1.165) is 12.0 Å². The quantitative estimate of drug-likeness (QED) is 0.783. The van der Waals surface area contributed by atoms with E-state index in [2.05, 4.69) is 6.07 Å². The van der Waals surface area contributed by atoms with Crippen LogP contribution in [0.2, 0.25) is 0 Å². The summed E-state index contributed by atoms with van der Waals surface area (Å²) < 4.78 is 7.26. The van der Waals surface area contributed by atoms with Crippen molar-refractivity contribution in [3.05, 3.63) is 64.1 Å². The van der Waals surface area contributed by atoms with Crippen LogP contribution in [0.15, 0.2) is 47.4 Å². The standard InChI is InChI=1S/C16H16N2O2/c1-13-5-3-8-18(16(13)19)9-4-10-20-15-7-2-6-14(11-15)12-17/h2-3,5-8,11H,4,9-10H2,1H3. The number of aryl methyl sites for hydroxylation is 2. The maximum absolute atomic E-state index is 11.8. The van der Waals surface area contributed by atoms with E-state index in [0.29, 0.717) is 24.5 Å². The topological polar surface area (TPSA) is 55.0 Å². The highest BCUT2D eigenvalue weighted by atomic mass is 16.5. The van der Waals surface area contributed by atoms with E-state index in [-0.39, 0.29) is 5.56 Å². The minimum atomic E-state index is 0.0407. The fraction of sp³-hybridized carbons (Fsp3) is 0.250. The van der Waals surface area contributed by atoms with Crippen molar-refractivity contribution < 1.29 is 4.74 Å². The molecule has 4 heteroatoms. The number of rotatable bonds is 5. The van der Waals surface area contributed by atoms with Crippen molar-refractivity contribution in [2.45, 2.75) is 19.9 Å². The van der Waals surface area contributed by atoms with E-state index >= 15 is 0 Å². The van der Waals surface area contributed by atoms with Gasteiger partial charge in [-0.3, -0.25) is 4.79 Å². The van der Waals surface area contributed by atoms with Gasteiger partial charge < -0.3 is 9.30 Å². The van der Waals surface area contributed by atoms with Gasteiger partial charge in [0.25, 0.3) is 5.56 Å². The molecule has 2 aromatic rings. The van der Waals surface area contributed by atoms with Gasteiger partial charge >= 0.3 is 0 Å². The van der Waals surface area contributed by atoms with Crippen LogP contribution in [-0.2, 0) is 6.54 Å². The third-order valence-electron chi connectivity index (χ3n) is 2.99. The van der Waals surface area contributed by atoms with Gasteiger partial charge in [0.05, 0.1) is 18.2 Å². The largest absolute Gasteiger partial charge is 0.493 e. The molecule has 4 nitrogen and oxygen atoms in total. The normalized spacial score (nSPS) is 10.0. The molecule has 0 unspecified atom stereocenters. The van der Waals surface area contributed by atoms with Gasteiger partial charge in [-0.2, -0.15) is 5.26 Å². The molecular weight excluding hydrogens is 252 g/mol. The average molecular weight is 268 g/mol. The highest BCUT2D eigenvalue weighted by Gasteiger charge is 1.99. The summed E-state index contributed by atoms with van der Waals surface area (Å²) in [5, 5.41) is 8.80. The summed E-state index contributed by atoms with van der Waals surface area (Å²) in [6, 6.07) is 12.8. The number of aromatic nitrogens is 1. The molecule has 0 saturated heterocycles. The summed E-state index contributed by atoms with van der Waals surface area (Å²) in [6.07, 6.45) is 2.52. The van der Waals surface area contributed by atoms with E-state index in [9.17, 15) is 4.79 Å². The number of hydrogen-bond donors (Lipinski definition) is 0. The lowest BCUT2D eigenvalue weighted by molar-refractivity contribution is 0.301. The predicted octanol–water partition coefficient (Wildman–Crippen LogP) is 2.50. The summed E-state index contributed by atoms with van der Waals surface area (Å²) >= 11 is 0. The monoisotopic (exact) mass is 268 g/mol. The first-order valence-corrected chi connectivity index (χ1v) is 6.50. The summed E-state index contributed by atoms with van der Waals surface area (Å²) in [4.78, 5) is 11.8. The van der Waals surface area contributed by atoms with Gasteiger partial charge in [0, 0.05) is 18.3 Å². The minimum absolute atomic E-state index is 0.0407. The third-order valence-corrected chi connectivity index (χ3v) is 2.99. The molecular formula is C16H16N2O2. The molecule has 1 heterocycles. The Bertz CT molecular complexity index is 683. The second-order valence-electron chi connectivity index (χ2n) is 4.53. The zero-order valence-corrected chi connectivity index (χ0v) is 11.4. The van der Waals surface area contributed by atoms with Gasteiger partial charge in [-0.25, -0.2) is 0 Å². The van der Waals surface area contributed by atoms with Crippen molar-refractivity contribution >= 4 is 0 Å². The molecule has 0 bridgehead atoms. The molecule has 1 aromatic heterocycles. The van der Waals surface area contributed by atoms with Crippen LogP contribution in [0.4, 0.5) is 0 Å². The summed E-state index contributed by atoms with van der Waals surface area (Å²) in [5.74, 6) is 0.681. The Hall–Kier alpha value is -2.54. The number of ether oxygens (including phenoxy) is 1. The van der Waals surface area contributed by atoms with Crippen LogP contribution in [-0.4, -0.2) is 11.2 Å². The number of benzene rings is 1. The summed E-state index contributed by atoms with van der Waals surface area (Å²) in [5.41, 5.74) is 1.37. The molecule has 2 rings (SSSR count). The van der Waals surface area contributed by atoms with Gasteiger partial charge in [0.15, 0.2) is 0 Å². The number of hydrogen-bond acceptors (Lipinski definition) is 3. The summed E-state index contributed by atoms with van der Waals surface area (Å²) in [7, 11) is 0. The molecule has 0 radical (unpaired) electrons. The molecule has 1 aromatic carbocycles. The zero-order chi connectivity index (χ0) is 14.4. The van der Waals surface area contributed by atoms with Crippen molar-refractivity contribution in [2.75, 3.05) is 6.61 Å². The highest BCUT2D eigenvalue weighted by molar-refractivity contribution is 5.36.